The van der Waals surface area contributed by atoms with Crippen LogP contribution in [-0.4, -0.2) is 7.05 Å². The fourth-order valence-electron chi connectivity index (χ4n) is 2.08. The van der Waals surface area contributed by atoms with Crippen molar-refractivity contribution in [2.45, 2.75) is 40.7 Å². The highest BCUT2D eigenvalue weighted by molar-refractivity contribution is 5.32. The van der Waals surface area contributed by atoms with Crippen molar-refractivity contribution in [3.63, 3.8) is 0 Å². The molecule has 0 spiro atoms. The summed E-state index contributed by atoms with van der Waals surface area (Å²) < 4.78 is 0. The highest BCUT2D eigenvalue weighted by atomic mass is 14.9. The van der Waals surface area contributed by atoms with Crippen LogP contribution in [0.15, 0.2) is 18.2 Å². The highest BCUT2D eigenvalue weighted by Gasteiger charge is 2.20. The van der Waals surface area contributed by atoms with Gasteiger partial charge in [-0.25, -0.2) is 0 Å². The van der Waals surface area contributed by atoms with E-state index in [4.69, 9.17) is 0 Å². The van der Waals surface area contributed by atoms with Crippen molar-refractivity contribution in [3.8, 4) is 0 Å². The van der Waals surface area contributed by atoms with Crippen LogP contribution >= 0.6 is 0 Å². The standard InChI is InChI=1S/C15H25N/c1-10(2)13(5)15(16-6)14-8-7-11(3)12(4)9-14/h7-10,13,15-16H,1-6H3. The second-order valence-electron chi connectivity index (χ2n) is 5.21. The van der Waals surface area contributed by atoms with Crippen LogP contribution in [0.3, 0.4) is 0 Å². The third-order valence-electron chi connectivity index (χ3n) is 3.78. The van der Waals surface area contributed by atoms with Gasteiger partial charge in [-0.2, -0.15) is 0 Å². The molecule has 0 saturated carbocycles. The summed E-state index contributed by atoms with van der Waals surface area (Å²) >= 11 is 0. The van der Waals surface area contributed by atoms with Crippen LogP contribution in [0, 0.1) is 25.7 Å². The maximum absolute atomic E-state index is 3.45. The normalized spacial score (nSPS) is 15.2. The summed E-state index contributed by atoms with van der Waals surface area (Å²) in [4.78, 5) is 0. The molecule has 1 aromatic rings. The summed E-state index contributed by atoms with van der Waals surface area (Å²) in [6.45, 7) is 11.2. The van der Waals surface area contributed by atoms with E-state index in [1.807, 2.05) is 0 Å². The van der Waals surface area contributed by atoms with Gasteiger partial charge in [0.15, 0.2) is 0 Å². The Kier molecular flexibility index (Phi) is 4.55. The number of benzene rings is 1. The van der Waals surface area contributed by atoms with E-state index in [0.717, 1.165) is 0 Å². The smallest absolute Gasteiger partial charge is 0.0346 e. The average molecular weight is 219 g/mol. The summed E-state index contributed by atoms with van der Waals surface area (Å²) in [5.74, 6) is 1.34. The van der Waals surface area contributed by atoms with Gasteiger partial charge in [-0.3, -0.25) is 0 Å². The number of nitrogens with one attached hydrogen (secondary N) is 1. The minimum atomic E-state index is 0.458. The van der Waals surface area contributed by atoms with E-state index in [1.165, 1.54) is 16.7 Å². The van der Waals surface area contributed by atoms with Gasteiger partial charge in [-0.05, 0) is 49.4 Å². The van der Waals surface area contributed by atoms with Gasteiger partial charge in [0.25, 0.3) is 0 Å². The first-order valence-electron chi connectivity index (χ1n) is 6.21. The lowest BCUT2D eigenvalue weighted by Gasteiger charge is -2.27. The van der Waals surface area contributed by atoms with Crippen LogP contribution in [0.1, 0.15) is 43.5 Å². The van der Waals surface area contributed by atoms with E-state index >= 15 is 0 Å². The predicted octanol–water partition coefficient (Wildman–Crippen LogP) is 3.86. The summed E-state index contributed by atoms with van der Waals surface area (Å²) in [5, 5.41) is 3.45. The van der Waals surface area contributed by atoms with Crippen molar-refractivity contribution in [1.29, 1.82) is 0 Å². The molecule has 0 heterocycles. The fourth-order valence-corrected chi connectivity index (χ4v) is 2.08. The van der Waals surface area contributed by atoms with E-state index in [2.05, 4.69) is 65.2 Å². The third kappa shape index (κ3) is 2.85. The first kappa shape index (κ1) is 13.2. The molecule has 16 heavy (non-hydrogen) atoms. The van der Waals surface area contributed by atoms with Crippen molar-refractivity contribution < 1.29 is 0 Å². The topological polar surface area (TPSA) is 12.0 Å². The number of hydrogen-bond acceptors (Lipinski definition) is 1. The van der Waals surface area contributed by atoms with Crippen LogP contribution in [0.4, 0.5) is 0 Å². The Labute approximate surface area is 100 Å². The molecule has 0 aliphatic carbocycles. The maximum Gasteiger partial charge on any atom is 0.0346 e. The first-order chi connectivity index (χ1) is 7.47. The molecule has 0 fully saturated rings. The lowest BCUT2D eigenvalue weighted by molar-refractivity contribution is 0.317. The highest BCUT2D eigenvalue weighted by Crippen LogP contribution is 2.28. The third-order valence-corrected chi connectivity index (χ3v) is 3.78. The molecule has 0 aliphatic rings. The Morgan fingerprint density at radius 2 is 1.62 bits per heavy atom. The molecule has 1 nitrogen and oxygen atoms in total. The van der Waals surface area contributed by atoms with Gasteiger partial charge in [-0.1, -0.05) is 39.0 Å². The molecule has 1 heteroatoms. The molecule has 1 rings (SSSR count). The van der Waals surface area contributed by atoms with Crippen LogP contribution in [0.5, 0.6) is 0 Å². The van der Waals surface area contributed by atoms with Gasteiger partial charge >= 0.3 is 0 Å². The molecular formula is C15H25N. The largest absolute Gasteiger partial charge is 0.313 e. The van der Waals surface area contributed by atoms with Crippen LogP contribution in [0.25, 0.3) is 0 Å². The zero-order valence-corrected chi connectivity index (χ0v) is 11.5. The number of hydrogen-bond donors (Lipinski definition) is 1. The van der Waals surface area contributed by atoms with Crippen molar-refractivity contribution in [1.82, 2.24) is 5.32 Å². The molecular weight excluding hydrogens is 194 g/mol. The minimum Gasteiger partial charge on any atom is -0.313 e. The quantitative estimate of drug-likeness (QED) is 0.811. The van der Waals surface area contributed by atoms with Gasteiger partial charge in [-0.15, -0.1) is 0 Å². The zero-order chi connectivity index (χ0) is 12.3. The van der Waals surface area contributed by atoms with Gasteiger partial charge in [0.1, 0.15) is 0 Å². The SMILES string of the molecule is CNC(c1ccc(C)c(C)c1)C(C)C(C)C. The predicted molar refractivity (Wildman–Crippen MR) is 71.7 cm³/mol. The minimum absolute atomic E-state index is 0.458. The molecule has 0 aliphatic heterocycles. The second-order valence-corrected chi connectivity index (χ2v) is 5.21. The lowest BCUT2D eigenvalue weighted by Crippen LogP contribution is -2.26. The van der Waals surface area contributed by atoms with Crippen LogP contribution in [-0.2, 0) is 0 Å². The average Bonchev–Trinajstić information content (AvgIpc) is 2.24. The van der Waals surface area contributed by atoms with Crippen molar-refractivity contribution in [2.24, 2.45) is 11.8 Å². The van der Waals surface area contributed by atoms with E-state index in [0.29, 0.717) is 17.9 Å². The zero-order valence-electron chi connectivity index (χ0n) is 11.5. The van der Waals surface area contributed by atoms with Crippen molar-refractivity contribution in [2.75, 3.05) is 7.05 Å². The van der Waals surface area contributed by atoms with E-state index in [1.54, 1.807) is 0 Å². The monoisotopic (exact) mass is 219 g/mol. The lowest BCUT2D eigenvalue weighted by atomic mass is 9.85. The Balaban J connectivity index is 2.99. The molecule has 0 radical (unpaired) electrons. The van der Waals surface area contributed by atoms with Gasteiger partial charge in [0.2, 0.25) is 0 Å². The Morgan fingerprint density at radius 3 is 2.06 bits per heavy atom. The van der Waals surface area contributed by atoms with Gasteiger partial charge in [0, 0.05) is 6.04 Å². The molecule has 2 unspecified atom stereocenters. The maximum atomic E-state index is 3.45. The second kappa shape index (κ2) is 5.49. The number of rotatable bonds is 4. The van der Waals surface area contributed by atoms with Crippen molar-refractivity contribution >= 4 is 0 Å². The molecule has 1 aromatic carbocycles. The Morgan fingerprint density at radius 1 is 1.00 bits per heavy atom. The van der Waals surface area contributed by atoms with Gasteiger partial charge < -0.3 is 5.32 Å². The van der Waals surface area contributed by atoms with E-state index in [9.17, 15) is 0 Å². The van der Waals surface area contributed by atoms with E-state index < -0.39 is 0 Å². The Hall–Kier alpha value is -0.820. The molecule has 0 amide bonds. The summed E-state index contributed by atoms with van der Waals surface area (Å²) in [6, 6.07) is 7.25. The summed E-state index contributed by atoms with van der Waals surface area (Å²) in [7, 11) is 2.05. The molecule has 1 N–H and O–H groups in total. The van der Waals surface area contributed by atoms with Gasteiger partial charge in [0.05, 0.1) is 0 Å². The first-order valence-corrected chi connectivity index (χ1v) is 6.21. The number of aryl methyl sites for hydroxylation is 2. The van der Waals surface area contributed by atoms with Crippen LogP contribution in [0.2, 0.25) is 0 Å². The molecule has 2 atom stereocenters. The fraction of sp³-hybridized carbons (Fsp3) is 0.600. The molecule has 0 bridgehead atoms. The molecule has 90 valence electrons. The summed E-state index contributed by atoms with van der Waals surface area (Å²) in [6.07, 6.45) is 0. The Bertz CT molecular complexity index is 341. The molecule has 0 aromatic heterocycles. The molecule has 0 saturated heterocycles. The van der Waals surface area contributed by atoms with E-state index in [-0.39, 0.29) is 0 Å². The van der Waals surface area contributed by atoms with Crippen LogP contribution < -0.4 is 5.32 Å². The summed E-state index contributed by atoms with van der Waals surface area (Å²) in [5.41, 5.74) is 4.16. The van der Waals surface area contributed by atoms with Crippen molar-refractivity contribution in [3.05, 3.63) is 34.9 Å².